The first kappa shape index (κ1) is 10.5. The van der Waals surface area contributed by atoms with E-state index in [9.17, 15) is 8.42 Å². The van der Waals surface area contributed by atoms with E-state index in [4.69, 9.17) is 10.7 Å². The van der Waals surface area contributed by atoms with Gasteiger partial charge in [-0.15, -0.1) is 10.2 Å². The van der Waals surface area contributed by atoms with Crippen molar-refractivity contribution in [2.45, 2.75) is 25.5 Å². The van der Waals surface area contributed by atoms with Crippen molar-refractivity contribution in [2.24, 2.45) is 5.92 Å². The van der Waals surface area contributed by atoms with Gasteiger partial charge in [-0.3, -0.25) is 0 Å². The molecule has 0 amide bonds. The highest BCUT2D eigenvalue weighted by Gasteiger charge is 2.18. The second-order valence-corrected chi connectivity index (χ2v) is 5.56. The Hall–Kier alpha value is -0.620. The molecule has 1 aromatic heterocycles. The van der Waals surface area contributed by atoms with Crippen molar-refractivity contribution in [2.75, 3.05) is 0 Å². The van der Waals surface area contributed by atoms with Crippen LogP contribution in [0.2, 0.25) is 0 Å². The third-order valence-electron chi connectivity index (χ3n) is 1.36. The van der Waals surface area contributed by atoms with Crippen LogP contribution in [-0.4, -0.2) is 23.2 Å². The molecule has 0 aliphatic heterocycles. The number of hydrogen-bond acceptors (Lipinski definition) is 4. The Morgan fingerprint density at radius 2 is 2.23 bits per heavy atom. The summed E-state index contributed by atoms with van der Waals surface area (Å²) < 4.78 is 23.3. The van der Waals surface area contributed by atoms with Gasteiger partial charge in [0.1, 0.15) is 6.33 Å². The fraction of sp³-hybridized carbons (Fsp3) is 0.667. The van der Waals surface area contributed by atoms with E-state index in [-0.39, 0.29) is 5.16 Å². The van der Waals surface area contributed by atoms with Gasteiger partial charge in [0.15, 0.2) is 0 Å². The Labute approximate surface area is 81.2 Å². The van der Waals surface area contributed by atoms with Gasteiger partial charge in [0.05, 0.1) is 0 Å². The highest BCUT2D eigenvalue weighted by Crippen LogP contribution is 2.12. The summed E-state index contributed by atoms with van der Waals surface area (Å²) in [5.74, 6) is 0.313. The number of rotatable bonds is 3. The summed E-state index contributed by atoms with van der Waals surface area (Å²) >= 11 is 0. The second kappa shape index (κ2) is 3.63. The van der Waals surface area contributed by atoms with Gasteiger partial charge in [-0.25, -0.2) is 8.42 Å². The summed E-state index contributed by atoms with van der Waals surface area (Å²) in [5, 5.41) is 6.73. The summed E-state index contributed by atoms with van der Waals surface area (Å²) in [4.78, 5) is 0. The molecule has 0 spiro atoms. The molecule has 0 bridgehead atoms. The molecule has 1 aromatic rings. The summed E-state index contributed by atoms with van der Waals surface area (Å²) in [6.07, 6.45) is 1.36. The predicted molar refractivity (Wildman–Crippen MR) is 47.9 cm³/mol. The standard InChI is InChI=1S/C6H10ClN3O2S/c1-5(2)3-10-4-8-9-6(10)13(7,11)12/h4-5H,3H2,1-2H3. The lowest BCUT2D eigenvalue weighted by atomic mass is 10.2. The fourth-order valence-corrected chi connectivity index (χ4v) is 1.86. The van der Waals surface area contributed by atoms with E-state index in [1.165, 1.54) is 10.9 Å². The Balaban J connectivity index is 3.04. The molecule has 0 unspecified atom stereocenters. The minimum atomic E-state index is -3.77. The first-order chi connectivity index (χ1) is 5.91. The van der Waals surface area contributed by atoms with Gasteiger partial charge in [-0.2, -0.15) is 0 Å². The van der Waals surface area contributed by atoms with Crippen LogP contribution in [0.15, 0.2) is 11.5 Å². The van der Waals surface area contributed by atoms with E-state index in [1.54, 1.807) is 0 Å². The van der Waals surface area contributed by atoms with Gasteiger partial charge in [0.25, 0.3) is 14.2 Å². The number of hydrogen-bond donors (Lipinski definition) is 0. The van der Waals surface area contributed by atoms with Crippen molar-refractivity contribution in [1.29, 1.82) is 0 Å². The van der Waals surface area contributed by atoms with Crippen LogP contribution in [0.5, 0.6) is 0 Å². The van der Waals surface area contributed by atoms with Crippen LogP contribution >= 0.6 is 10.7 Å². The first-order valence-electron chi connectivity index (χ1n) is 3.73. The minimum Gasteiger partial charge on any atom is -0.303 e. The lowest BCUT2D eigenvalue weighted by Crippen LogP contribution is -2.09. The zero-order chi connectivity index (χ0) is 10.1. The van der Waals surface area contributed by atoms with E-state index in [2.05, 4.69) is 10.2 Å². The highest BCUT2D eigenvalue weighted by atomic mass is 35.7. The van der Waals surface area contributed by atoms with Crippen molar-refractivity contribution in [3.8, 4) is 0 Å². The first-order valence-corrected chi connectivity index (χ1v) is 6.04. The molecule has 0 aliphatic carbocycles. The zero-order valence-corrected chi connectivity index (χ0v) is 8.88. The van der Waals surface area contributed by atoms with Gasteiger partial charge < -0.3 is 4.57 Å². The van der Waals surface area contributed by atoms with Gasteiger partial charge in [-0.05, 0) is 5.92 Å². The fourth-order valence-electron chi connectivity index (χ4n) is 0.952. The largest absolute Gasteiger partial charge is 0.303 e. The Kier molecular flexibility index (Phi) is 2.92. The van der Waals surface area contributed by atoms with Gasteiger partial charge >= 0.3 is 0 Å². The van der Waals surface area contributed by atoms with E-state index >= 15 is 0 Å². The van der Waals surface area contributed by atoms with Crippen LogP contribution in [0.3, 0.4) is 0 Å². The minimum absolute atomic E-state index is 0.192. The molecule has 0 atom stereocenters. The molecule has 0 saturated heterocycles. The summed E-state index contributed by atoms with van der Waals surface area (Å²) in [7, 11) is 1.36. The van der Waals surface area contributed by atoms with Crippen LogP contribution in [0, 0.1) is 5.92 Å². The smallest absolute Gasteiger partial charge is 0.296 e. The number of nitrogens with zero attached hydrogens (tertiary/aromatic N) is 3. The van der Waals surface area contributed by atoms with Gasteiger partial charge in [-0.1, -0.05) is 13.8 Å². The molecule has 13 heavy (non-hydrogen) atoms. The SMILES string of the molecule is CC(C)Cn1cnnc1S(=O)(=O)Cl. The Morgan fingerprint density at radius 3 is 2.69 bits per heavy atom. The van der Waals surface area contributed by atoms with Crippen LogP contribution in [0.1, 0.15) is 13.8 Å². The van der Waals surface area contributed by atoms with E-state index < -0.39 is 9.05 Å². The lowest BCUT2D eigenvalue weighted by molar-refractivity contribution is 0.485. The molecule has 1 heterocycles. The Bertz CT molecular complexity index is 384. The van der Waals surface area contributed by atoms with Crippen molar-refractivity contribution in [1.82, 2.24) is 14.8 Å². The normalized spacial score (nSPS) is 12.3. The molecule has 7 heteroatoms. The topological polar surface area (TPSA) is 64.8 Å². The van der Waals surface area contributed by atoms with E-state index in [0.29, 0.717) is 12.5 Å². The molecule has 74 valence electrons. The van der Waals surface area contributed by atoms with Gasteiger partial charge in [0.2, 0.25) is 0 Å². The quantitative estimate of drug-likeness (QED) is 0.713. The summed E-state index contributed by atoms with van der Waals surface area (Å²) in [5.41, 5.74) is 0. The third kappa shape index (κ3) is 2.67. The molecule has 0 saturated carbocycles. The zero-order valence-electron chi connectivity index (χ0n) is 7.31. The van der Waals surface area contributed by atoms with E-state index in [0.717, 1.165) is 0 Å². The predicted octanol–water partition coefficient (Wildman–Crippen LogP) is 0.862. The Morgan fingerprint density at radius 1 is 1.62 bits per heavy atom. The third-order valence-corrected chi connectivity index (χ3v) is 2.53. The lowest BCUT2D eigenvalue weighted by Gasteiger charge is -2.06. The molecule has 5 nitrogen and oxygen atoms in total. The molecule has 1 rings (SSSR count). The molecule has 0 aromatic carbocycles. The maximum atomic E-state index is 10.9. The van der Waals surface area contributed by atoms with Crippen LogP contribution in [-0.2, 0) is 15.6 Å². The van der Waals surface area contributed by atoms with Crippen LogP contribution in [0.25, 0.3) is 0 Å². The van der Waals surface area contributed by atoms with Crippen molar-refractivity contribution in [3.05, 3.63) is 6.33 Å². The summed E-state index contributed by atoms with van der Waals surface area (Å²) in [6, 6.07) is 0. The monoisotopic (exact) mass is 223 g/mol. The maximum absolute atomic E-state index is 10.9. The summed E-state index contributed by atoms with van der Waals surface area (Å²) in [6.45, 7) is 4.46. The molecular formula is C6H10ClN3O2S. The highest BCUT2D eigenvalue weighted by molar-refractivity contribution is 8.13. The number of halogens is 1. The maximum Gasteiger partial charge on any atom is 0.296 e. The molecule has 0 fully saturated rings. The molecule has 0 aliphatic rings. The molecule has 0 radical (unpaired) electrons. The van der Waals surface area contributed by atoms with Crippen LogP contribution in [0.4, 0.5) is 0 Å². The molecular weight excluding hydrogens is 214 g/mol. The van der Waals surface area contributed by atoms with Crippen molar-refractivity contribution >= 4 is 19.7 Å². The second-order valence-electron chi connectivity index (χ2n) is 3.10. The van der Waals surface area contributed by atoms with Crippen LogP contribution < -0.4 is 0 Å². The average molecular weight is 224 g/mol. The van der Waals surface area contributed by atoms with E-state index in [1.807, 2.05) is 13.8 Å². The molecule has 0 N–H and O–H groups in total. The van der Waals surface area contributed by atoms with Crippen molar-refractivity contribution in [3.63, 3.8) is 0 Å². The average Bonchev–Trinajstić information content (AvgIpc) is 2.31. The van der Waals surface area contributed by atoms with Gasteiger partial charge in [0, 0.05) is 17.2 Å². The van der Waals surface area contributed by atoms with Crippen molar-refractivity contribution < 1.29 is 8.42 Å². The number of aromatic nitrogens is 3.